The molecule has 37 heavy (non-hydrogen) atoms. The average molecular weight is 548 g/mol. The van der Waals surface area contributed by atoms with E-state index in [-0.39, 0.29) is 42.2 Å². The molecule has 3 aliphatic heterocycles. The predicted molar refractivity (Wildman–Crippen MR) is 129 cm³/mol. The summed E-state index contributed by atoms with van der Waals surface area (Å²) in [4.78, 5) is 14.6. The number of piperidine rings is 2. The van der Waals surface area contributed by atoms with Gasteiger partial charge in [-0.2, -0.15) is 30.2 Å². The molecule has 1 amide bonds. The molecule has 5 rings (SSSR count). The highest BCUT2D eigenvalue weighted by Crippen LogP contribution is 2.41. The molecule has 2 bridgehead atoms. The third-order valence-electron chi connectivity index (χ3n) is 8.35. The van der Waals surface area contributed by atoms with E-state index in [0.29, 0.717) is 51.2 Å². The van der Waals surface area contributed by atoms with E-state index in [0.717, 1.165) is 31.4 Å². The van der Waals surface area contributed by atoms with Crippen molar-refractivity contribution in [3.63, 3.8) is 0 Å². The van der Waals surface area contributed by atoms with Crippen LogP contribution in [0.25, 0.3) is 0 Å². The third-order valence-corrected chi connectivity index (χ3v) is 10.5. The van der Waals surface area contributed by atoms with Gasteiger partial charge in [0.1, 0.15) is 5.76 Å². The zero-order valence-corrected chi connectivity index (χ0v) is 21.9. The van der Waals surface area contributed by atoms with E-state index in [4.69, 9.17) is 4.52 Å². The number of fused-ring (bicyclic) bond motifs is 2. The predicted octanol–water partition coefficient (Wildman–Crippen LogP) is 3.26. The first-order chi connectivity index (χ1) is 17.5. The molecule has 1 aromatic rings. The van der Waals surface area contributed by atoms with Crippen LogP contribution in [0.5, 0.6) is 0 Å². The van der Waals surface area contributed by atoms with E-state index >= 15 is 0 Å². The summed E-state index contributed by atoms with van der Waals surface area (Å²) >= 11 is 0. The van der Waals surface area contributed by atoms with Gasteiger partial charge in [-0.15, -0.1) is 0 Å². The first kappa shape index (κ1) is 26.9. The van der Waals surface area contributed by atoms with Crippen molar-refractivity contribution in [1.82, 2.24) is 24.0 Å². The van der Waals surface area contributed by atoms with Gasteiger partial charge in [0.05, 0.1) is 0 Å². The molecule has 0 unspecified atom stereocenters. The SMILES string of the molecule is CN(CCCC(F)(F)F)C1CCN(S(=O)(=O)N2[C@@H]3CC[C@H]2C[C@@H](NC(=O)c2cc(C4CC4)on2)C3)CC1. The first-order valence-electron chi connectivity index (χ1n) is 13.3. The highest BCUT2D eigenvalue weighted by atomic mass is 32.2. The molecular weight excluding hydrogens is 511 g/mol. The van der Waals surface area contributed by atoms with Crippen LogP contribution >= 0.6 is 0 Å². The molecule has 4 fully saturated rings. The van der Waals surface area contributed by atoms with E-state index in [2.05, 4.69) is 10.5 Å². The van der Waals surface area contributed by atoms with Gasteiger partial charge in [0, 0.05) is 55.7 Å². The van der Waals surface area contributed by atoms with E-state index in [9.17, 15) is 26.4 Å². The summed E-state index contributed by atoms with van der Waals surface area (Å²) < 4.78 is 73.0. The molecule has 0 spiro atoms. The minimum atomic E-state index is -4.15. The van der Waals surface area contributed by atoms with Crippen LogP contribution < -0.4 is 5.32 Å². The quantitative estimate of drug-likeness (QED) is 0.510. The minimum absolute atomic E-state index is 0.0473. The van der Waals surface area contributed by atoms with Crippen LogP contribution in [0.2, 0.25) is 0 Å². The van der Waals surface area contributed by atoms with Crippen molar-refractivity contribution in [2.45, 2.75) is 100 Å². The van der Waals surface area contributed by atoms with E-state index in [1.54, 1.807) is 10.4 Å². The lowest BCUT2D eigenvalue weighted by atomic mass is 9.99. The van der Waals surface area contributed by atoms with Crippen molar-refractivity contribution in [1.29, 1.82) is 0 Å². The maximum absolute atomic E-state index is 13.6. The third kappa shape index (κ3) is 6.15. The van der Waals surface area contributed by atoms with E-state index < -0.39 is 22.8 Å². The normalized spacial score (nSPS) is 28.2. The fourth-order valence-corrected chi connectivity index (χ4v) is 8.28. The molecule has 1 N–H and O–H groups in total. The Labute approximate surface area is 215 Å². The molecule has 0 aromatic carbocycles. The number of halogens is 3. The molecule has 1 aliphatic carbocycles. The van der Waals surface area contributed by atoms with Gasteiger partial charge in [-0.05, 0) is 71.4 Å². The molecule has 208 valence electrons. The second kappa shape index (κ2) is 10.5. The number of alkyl halides is 3. The number of nitrogens with zero attached hydrogens (tertiary/aromatic N) is 4. The molecule has 13 heteroatoms. The van der Waals surface area contributed by atoms with Crippen molar-refractivity contribution in [3.05, 3.63) is 17.5 Å². The maximum atomic E-state index is 13.6. The number of carbonyl (C=O) groups excluding carboxylic acids is 1. The number of amides is 1. The molecule has 0 radical (unpaired) electrons. The summed E-state index contributed by atoms with van der Waals surface area (Å²) in [6.45, 7) is 1.07. The standard InChI is InChI=1S/C24H36F3N5O4S/c1-30(10-2-9-24(25,26)27)18-7-11-31(12-8-18)37(34,35)32-19-5-6-20(32)14-17(13-19)28-23(33)21-15-22(36-29-21)16-3-4-16/h15-20H,2-14H2,1H3,(H,28,33)/t17-,19+,20-. The van der Waals surface area contributed by atoms with Gasteiger partial charge in [0.25, 0.3) is 16.1 Å². The lowest BCUT2D eigenvalue weighted by Gasteiger charge is -2.43. The Morgan fingerprint density at radius 3 is 2.38 bits per heavy atom. The van der Waals surface area contributed by atoms with Crippen molar-refractivity contribution >= 4 is 16.1 Å². The van der Waals surface area contributed by atoms with Crippen LogP contribution in [0, 0.1) is 0 Å². The van der Waals surface area contributed by atoms with Gasteiger partial charge >= 0.3 is 6.18 Å². The number of aromatic nitrogens is 1. The Bertz CT molecular complexity index is 1050. The highest BCUT2D eigenvalue weighted by Gasteiger charge is 2.49. The van der Waals surface area contributed by atoms with Crippen molar-refractivity contribution in [2.24, 2.45) is 0 Å². The van der Waals surface area contributed by atoms with Crippen LogP contribution in [0.15, 0.2) is 10.6 Å². The summed E-state index contributed by atoms with van der Waals surface area (Å²) in [6.07, 6.45) is 1.08. The molecule has 4 heterocycles. The van der Waals surface area contributed by atoms with E-state index in [1.807, 2.05) is 11.9 Å². The van der Waals surface area contributed by atoms with Crippen LogP contribution in [-0.4, -0.2) is 90.0 Å². The van der Waals surface area contributed by atoms with Gasteiger partial charge in [-0.25, -0.2) is 0 Å². The highest BCUT2D eigenvalue weighted by molar-refractivity contribution is 7.86. The lowest BCUT2D eigenvalue weighted by molar-refractivity contribution is -0.136. The summed E-state index contributed by atoms with van der Waals surface area (Å²) in [6, 6.07) is 1.36. The van der Waals surface area contributed by atoms with Crippen LogP contribution in [0.1, 0.15) is 86.4 Å². The van der Waals surface area contributed by atoms with Crippen LogP contribution in [0.4, 0.5) is 13.2 Å². The monoisotopic (exact) mass is 547 g/mol. The van der Waals surface area contributed by atoms with E-state index in [1.165, 1.54) is 4.31 Å². The summed E-state index contributed by atoms with van der Waals surface area (Å²) in [5, 5.41) is 6.94. The molecule has 3 saturated heterocycles. The molecule has 3 atom stereocenters. The van der Waals surface area contributed by atoms with Gasteiger partial charge in [-0.1, -0.05) is 5.16 Å². The maximum Gasteiger partial charge on any atom is 0.389 e. The van der Waals surface area contributed by atoms with Crippen LogP contribution in [0.3, 0.4) is 0 Å². The molecule has 1 aromatic heterocycles. The fraction of sp³-hybridized carbons (Fsp3) is 0.833. The summed E-state index contributed by atoms with van der Waals surface area (Å²) in [5.74, 6) is 0.846. The number of hydrogen-bond acceptors (Lipinski definition) is 6. The van der Waals surface area contributed by atoms with Crippen LogP contribution in [-0.2, 0) is 10.2 Å². The Balaban J connectivity index is 1.12. The van der Waals surface area contributed by atoms with Crippen molar-refractivity contribution in [3.8, 4) is 0 Å². The minimum Gasteiger partial charge on any atom is -0.360 e. The molecule has 9 nitrogen and oxygen atoms in total. The second-order valence-corrected chi connectivity index (χ2v) is 12.9. The van der Waals surface area contributed by atoms with Crippen molar-refractivity contribution < 1.29 is 30.9 Å². The summed E-state index contributed by atoms with van der Waals surface area (Å²) in [7, 11) is -1.83. The van der Waals surface area contributed by atoms with Crippen molar-refractivity contribution in [2.75, 3.05) is 26.7 Å². The Kier molecular flexibility index (Phi) is 7.60. The lowest BCUT2D eigenvalue weighted by Crippen LogP contribution is -2.57. The Morgan fingerprint density at radius 2 is 1.78 bits per heavy atom. The number of rotatable bonds is 9. The number of carbonyl (C=O) groups is 1. The zero-order chi connectivity index (χ0) is 26.4. The first-order valence-corrected chi connectivity index (χ1v) is 14.7. The van der Waals surface area contributed by atoms with Gasteiger partial charge in [0.15, 0.2) is 5.69 Å². The van der Waals surface area contributed by atoms with Gasteiger partial charge < -0.3 is 14.7 Å². The second-order valence-electron chi connectivity index (χ2n) is 11.1. The molecular formula is C24H36F3N5O4S. The number of nitrogens with one attached hydrogen (secondary N) is 1. The molecule has 4 aliphatic rings. The Hall–Kier alpha value is -1.70. The largest absolute Gasteiger partial charge is 0.389 e. The van der Waals surface area contributed by atoms with Gasteiger partial charge in [-0.3, -0.25) is 4.79 Å². The molecule has 1 saturated carbocycles. The zero-order valence-electron chi connectivity index (χ0n) is 21.1. The van der Waals surface area contributed by atoms with Gasteiger partial charge in [0.2, 0.25) is 0 Å². The smallest absolute Gasteiger partial charge is 0.360 e. The number of hydrogen-bond donors (Lipinski definition) is 1. The summed E-state index contributed by atoms with van der Waals surface area (Å²) in [5.41, 5.74) is 0.274. The fourth-order valence-electron chi connectivity index (χ4n) is 6.20. The topological polar surface area (TPSA) is 99.0 Å². The Morgan fingerprint density at radius 1 is 1.14 bits per heavy atom. The average Bonchev–Trinajstić information content (AvgIpc) is 3.49.